The van der Waals surface area contributed by atoms with E-state index in [9.17, 15) is 9.90 Å². The maximum absolute atomic E-state index is 12.7. The first-order valence-corrected chi connectivity index (χ1v) is 11.0. The molecule has 4 rings (SSSR count). The summed E-state index contributed by atoms with van der Waals surface area (Å²) in [5.41, 5.74) is 4.30. The molecule has 2 heterocycles. The van der Waals surface area contributed by atoms with Crippen LogP contribution >= 0.6 is 11.3 Å². The van der Waals surface area contributed by atoms with Crippen LogP contribution in [-0.2, 0) is 6.61 Å². The number of likely N-dealkylation sites (tertiary alicyclic amines) is 1. The summed E-state index contributed by atoms with van der Waals surface area (Å²) in [4.78, 5) is 18.7. The predicted octanol–water partition coefficient (Wildman–Crippen LogP) is 4.70. The fourth-order valence-electron chi connectivity index (χ4n) is 3.67. The summed E-state index contributed by atoms with van der Waals surface area (Å²) in [6, 6.07) is 17.0. The molecule has 30 heavy (non-hydrogen) atoms. The zero-order chi connectivity index (χ0) is 20.8. The Kier molecular flexibility index (Phi) is 6.61. The first-order valence-electron chi connectivity index (χ1n) is 10.1. The number of carbonyl (C=O) groups excluding carboxylic acids is 1. The van der Waals surface area contributed by atoms with Gasteiger partial charge in [-0.05, 0) is 36.5 Å². The number of carbonyl (C=O) groups is 1. The second-order valence-electron chi connectivity index (χ2n) is 7.41. The van der Waals surface area contributed by atoms with Crippen LogP contribution in [0.2, 0.25) is 0 Å². The number of thiazole rings is 1. The number of aliphatic hydroxyl groups excluding tert-OH is 1. The molecule has 1 fully saturated rings. The number of nitrogens with zero attached hydrogens (tertiary/aromatic N) is 2. The Morgan fingerprint density at radius 2 is 2.00 bits per heavy atom. The molecule has 1 aromatic heterocycles. The van der Waals surface area contributed by atoms with E-state index in [-0.39, 0.29) is 11.9 Å². The minimum absolute atomic E-state index is 0.126. The minimum atomic E-state index is -0.483. The lowest BCUT2D eigenvalue weighted by Gasteiger charge is -2.34. The van der Waals surface area contributed by atoms with Crippen LogP contribution < -0.4 is 10.1 Å². The van der Waals surface area contributed by atoms with Gasteiger partial charge in [0.2, 0.25) is 0 Å². The number of nitrogens with one attached hydrogen (secondary N) is 1. The largest absolute Gasteiger partial charge is 0.487 e. The molecule has 1 aliphatic rings. The summed E-state index contributed by atoms with van der Waals surface area (Å²) in [5.74, 6) is 0.851. The number of rotatable bonds is 6. The van der Waals surface area contributed by atoms with Crippen LogP contribution in [0.4, 0.5) is 10.5 Å². The smallest absolute Gasteiger partial charge is 0.321 e. The highest BCUT2D eigenvalue weighted by Gasteiger charge is 2.28. The van der Waals surface area contributed by atoms with Gasteiger partial charge >= 0.3 is 6.03 Å². The van der Waals surface area contributed by atoms with Crippen LogP contribution in [0.25, 0.3) is 0 Å². The lowest BCUT2D eigenvalue weighted by Crippen LogP contribution is -2.42. The summed E-state index contributed by atoms with van der Waals surface area (Å²) in [7, 11) is 0. The van der Waals surface area contributed by atoms with E-state index < -0.39 is 6.10 Å². The summed E-state index contributed by atoms with van der Waals surface area (Å²) in [6.07, 6.45) is 1.07. The van der Waals surface area contributed by atoms with E-state index in [1.165, 1.54) is 11.3 Å². The van der Waals surface area contributed by atoms with Crippen molar-refractivity contribution in [3.63, 3.8) is 0 Å². The molecule has 2 amide bonds. The molecule has 1 atom stereocenters. The summed E-state index contributed by atoms with van der Waals surface area (Å²) < 4.78 is 5.75. The number of hydrogen-bond donors (Lipinski definition) is 2. The van der Waals surface area contributed by atoms with E-state index >= 15 is 0 Å². The maximum Gasteiger partial charge on any atom is 0.321 e. The summed E-state index contributed by atoms with van der Waals surface area (Å²) in [6.45, 7) is 1.65. The predicted molar refractivity (Wildman–Crippen MR) is 118 cm³/mol. The first kappa shape index (κ1) is 20.4. The van der Waals surface area contributed by atoms with Crippen molar-refractivity contribution < 1.29 is 14.6 Å². The normalized spacial score (nSPS) is 15.6. The van der Waals surface area contributed by atoms with Gasteiger partial charge in [-0.2, -0.15) is 0 Å². The number of urea groups is 1. The second kappa shape index (κ2) is 9.73. The van der Waals surface area contributed by atoms with E-state index in [0.29, 0.717) is 31.1 Å². The van der Waals surface area contributed by atoms with Crippen LogP contribution in [0.5, 0.6) is 5.75 Å². The fraction of sp³-hybridized carbons (Fsp3) is 0.304. The van der Waals surface area contributed by atoms with Gasteiger partial charge in [0.15, 0.2) is 0 Å². The monoisotopic (exact) mass is 423 g/mol. The van der Waals surface area contributed by atoms with Crippen LogP contribution in [0.3, 0.4) is 0 Å². The van der Waals surface area contributed by atoms with Crippen LogP contribution in [0.15, 0.2) is 65.5 Å². The van der Waals surface area contributed by atoms with E-state index in [1.807, 2.05) is 60.0 Å². The van der Waals surface area contributed by atoms with E-state index in [0.717, 1.165) is 24.1 Å². The SMILES string of the molecule is O=C(Nc1cccc(OCc2cscn2)c1)N1CCC(C(O)c2ccccc2)CC1. The number of ether oxygens (including phenoxy) is 1. The fourth-order valence-corrected chi connectivity index (χ4v) is 4.22. The molecule has 1 saturated heterocycles. The van der Waals surface area contributed by atoms with E-state index in [4.69, 9.17) is 4.74 Å². The molecule has 1 aliphatic heterocycles. The number of piperidine rings is 1. The molecule has 2 N–H and O–H groups in total. The van der Waals surface area contributed by atoms with Gasteiger partial charge in [-0.15, -0.1) is 11.3 Å². The molecular formula is C23H25N3O3S. The van der Waals surface area contributed by atoms with Crippen LogP contribution in [-0.4, -0.2) is 34.1 Å². The van der Waals surface area contributed by atoms with Crippen molar-refractivity contribution in [2.45, 2.75) is 25.6 Å². The Morgan fingerprint density at radius 1 is 1.20 bits per heavy atom. The zero-order valence-electron chi connectivity index (χ0n) is 16.6. The maximum atomic E-state index is 12.7. The van der Waals surface area contributed by atoms with Crippen molar-refractivity contribution >= 4 is 23.1 Å². The molecule has 0 aliphatic carbocycles. The first-order chi connectivity index (χ1) is 14.7. The number of benzene rings is 2. The van der Waals surface area contributed by atoms with Gasteiger partial charge in [0.1, 0.15) is 12.4 Å². The van der Waals surface area contributed by atoms with Gasteiger partial charge in [0, 0.05) is 30.2 Å². The Balaban J connectivity index is 1.28. The molecule has 0 bridgehead atoms. The van der Waals surface area contributed by atoms with E-state index in [1.54, 1.807) is 10.4 Å². The van der Waals surface area contributed by atoms with Crippen LogP contribution in [0.1, 0.15) is 30.2 Å². The quantitative estimate of drug-likeness (QED) is 0.603. The molecule has 0 spiro atoms. The molecule has 0 saturated carbocycles. The van der Waals surface area contributed by atoms with Crippen molar-refractivity contribution in [1.29, 1.82) is 0 Å². The third-order valence-corrected chi connectivity index (χ3v) is 6.01. The lowest BCUT2D eigenvalue weighted by molar-refractivity contribution is 0.0683. The van der Waals surface area contributed by atoms with Crippen molar-refractivity contribution in [3.05, 3.63) is 76.7 Å². The molecule has 156 valence electrons. The zero-order valence-corrected chi connectivity index (χ0v) is 17.4. The third-order valence-electron chi connectivity index (χ3n) is 5.37. The van der Waals surface area contributed by atoms with Crippen molar-refractivity contribution in [2.24, 2.45) is 5.92 Å². The number of aliphatic hydroxyl groups is 1. The number of anilines is 1. The second-order valence-corrected chi connectivity index (χ2v) is 8.13. The molecule has 6 nitrogen and oxygen atoms in total. The summed E-state index contributed by atoms with van der Waals surface area (Å²) in [5, 5.41) is 15.5. The van der Waals surface area contributed by atoms with Gasteiger partial charge in [-0.25, -0.2) is 9.78 Å². The van der Waals surface area contributed by atoms with Crippen molar-refractivity contribution in [1.82, 2.24) is 9.88 Å². The van der Waals surface area contributed by atoms with Gasteiger partial charge in [0.05, 0.1) is 17.3 Å². The molecule has 7 heteroatoms. The standard InChI is InChI=1S/C23H25N3O3S/c27-22(17-5-2-1-3-6-17)18-9-11-26(12-10-18)23(28)25-19-7-4-8-21(13-19)29-14-20-15-30-16-24-20/h1-8,13,15-16,18,22,27H,9-12,14H2,(H,25,28). The number of amides is 2. The molecule has 2 aromatic carbocycles. The van der Waals surface area contributed by atoms with Crippen LogP contribution in [0, 0.1) is 5.92 Å². The Morgan fingerprint density at radius 3 is 2.73 bits per heavy atom. The molecule has 0 radical (unpaired) electrons. The summed E-state index contributed by atoms with van der Waals surface area (Å²) >= 11 is 1.53. The van der Waals surface area contributed by atoms with Crippen molar-refractivity contribution in [2.75, 3.05) is 18.4 Å². The van der Waals surface area contributed by atoms with Gasteiger partial charge in [-0.1, -0.05) is 36.4 Å². The van der Waals surface area contributed by atoms with Crippen molar-refractivity contribution in [3.8, 4) is 5.75 Å². The van der Waals surface area contributed by atoms with Gasteiger partial charge < -0.3 is 20.1 Å². The molecule has 1 unspecified atom stereocenters. The number of hydrogen-bond acceptors (Lipinski definition) is 5. The van der Waals surface area contributed by atoms with Gasteiger partial charge in [0.25, 0.3) is 0 Å². The average Bonchev–Trinajstić information content (AvgIpc) is 3.32. The Labute approximate surface area is 180 Å². The minimum Gasteiger partial charge on any atom is -0.487 e. The molecule has 3 aromatic rings. The highest BCUT2D eigenvalue weighted by Crippen LogP contribution is 2.31. The highest BCUT2D eigenvalue weighted by molar-refractivity contribution is 7.07. The lowest BCUT2D eigenvalue weighted by atomic mass is 9.87. The highest BCUT2D eigenvalue weighted by atomic mass is 32.1. The molecular weight excluding hydrogens is 398 g/mol. The Bertz CT molecular complexity index is 941. The topological polar surface area (TPSA) is 74.7 Å². The number of aromatic nitrogens is 1. The Hall–Kier alpha value is -2.90. The van der Waals surface area contributed by atoms with Gasteiger partial charge in [-0.3, -0.25) is 0 Å². The third kappa shape index (κ3) is 5.17. The van der Waals surface area contributed by atoms with E-state index in [2.05, 4.69) is 10.3 Å². The average molecular weight is 424 g/mol.